The third-order valence-electron chi connectivity index (χ3n) is 1.93. The number of alkyl halides is 1. The number of hydrogen-bond acceptors (Lipinski definition) is 2. The Labute approximate surface area is 99.4 Å². The molecule has 0 spiro atoms. The summed E-state index contributed by atoms with van der Waals surface area (Å²) in [7, 11) is 0. The molecule has 1 N–H and O–H groups in total. The van der Waals surface area contributed by atoms with Crippen molar-refractivity contribution in [1.29, 1.82) is 0 Å². The van der Waals surface area contributed by atoms with Crippen LogP contribution in [0.5, 0.6) is 0 Å². The van der Waals surface area contributed by atoms with Crippen molar-refractivity contribution in [2.75, 3.05) is 0 Å². The van der Waals surface area contributed by atoms with Crippen LogP contribution in [0.3, 0.4) is 0 Å². The number of allylic oxidation sites excluding steroid dienone is 2. The van der Waals surface area contributed by atoms with E-state index in [0.29, 0.717) is 0 Å². The van der Waals surface area contributed by atoms with Crippen LogP contribution in [0, 0.1) is 0 Å². The maximum Gasteiger partial charge on any atom is 0.154 e. The van der Waals surface area contributed by atoms with Gasteiger partial charge in [-0.2, -0.15) is 0 Å². The summed E-state index contributed by atoms with van der Waals surface area (Å²) in [6.45, 7) is 0. The van der Waals surface area contributed by atoms with E-state index in [1.54, 1.807) is 6.20 Å². The molecule has 0 fully saturated rings. The molecule has 2 nitrogen and oxygen atoms in total. The molecule has 0 saturated heterocycles. The molecule has 0 saturated carbocycles. The molecule has 1 aliphatic heterocycles. The van der Waals surface area contributed by atoms with Crippen LogP contribution < -0.4 is 5.32 Å². The second-order valence-electron chi connectivity index (χ2n) is 2.93. The first-order valence-electron chi connectivity index (χ1n) is 4.14. The predicted octanol–water partition coefficient (Wildman–Crippen LogP) is 3.03. The highest BCUT2D eigenvalue weighted by Gasteiger charge is 2.27. The maximum atomic E-state index is 4.29. The summed E-state index contributed by atoms with van der Waals surface area (Å²) in [5.74, 6) is 0. The van der Waals surface area contributed by atoms with E-state index in [1.165, 1.54) is 0 Å². The zero-order chi connectivity index (χ0) is 10.0. The highest BCUT2D eigenvalue weighted by Crippen LogP contribution is 2.32. The minimum atomic E-state index is -0.383. The smallest absolute Gasteiger partial charge is 0.154 e. The minimum absolute atomic E-state index is 0.383. The van der Waals surface area contributed by atoms with Crippen molar-refractivity contribution in [3.63, 3.8) is 0 Å². The Bertz CT molecular complexity index is 386. The largest absolute Gasteiger partial charge is 0.367 e. The van der Waals surface area contributed by atoms with Crippen molar-refractivity contribution in [3.8, 4) is 0 Å². The number of nitrogens with zero attached hydrogens (tertiary/aromatic N) is 1. The van der Waals surface area contributed by atoms with E-state index < -0.39 is 0 Å². The van der Waals surface area contributed by atoms with Crippen LogP contribution in [0.2, 0.25) is 0 Å². The molecule has 4 heteroatoms. The molecular weight excluding hydrogens is 308 g/mol. The number of hydrogen-bond donors (Lipinski definition) is 1. The van der Waals surface area contributed by atoms with Gasteiger partial charge in [-0.05, 0) is 56.1 Å². The summed E-state index contributed by atoms with van der Waals surface area (Å²) in [6, 6.07) is 5.84. The molecule has 0 aromatic carbocycles. The molecule has 14 heavy (non-hydrogen) atoms. The Morgan fingerprint density at radius 3 is 2.79 bits per heavy atom. The normalized spacial score (nSPS) is 25.4. The number of aromatic nitrogens is 1. The van der Waals surface area contributed by atoms with E-state index in [-0.39, 0.29) is 4.45 Å². The van der Waals surface area contributed by atoms with Gasteiger partial charge in [-0.25, -0.2) is 0 Å². The minimum Gasteiger partial charge on any atom is -0.367 e. The van der Waals surface area contributed by atoms with Crippen LogP contribution in [0.15, 0.2) is 47.2 Å². The summed E-state index contributed by atoms with van der Waals surface area (Å²) < 4.78 is 0.634. The van der Waals surface area contributed by atoms with E-state index in [0.717, 1.165) is 10.2 Å². The number of rotatable bonds is 1. The first-order chi connectivity index (χ1) is 6.71. The molecule has 0 amide bonds. The average Bonchev–Trinajstić information content (AvgIpc) is 2.24. The Morgan fingerprint density at radius 2 is 2.21 bits per heavy atom. The fraction of sp³-hybridized carbons (Fsp3) is 0.100. The lowest BCUT2D eigenvalue weighted by Gasteiger charge is -2.26. The molecule has 1 aromatic heterocycles. The quantitative estimate of drug-likeness (QED) is 0.636. The SMILES string of the molecule is BrC1=CNC(Br)(c2ccccn2)C=C1. The Morgan fingerprint density at radius 1 is 1.36 bits per heavy atom. The van der Waals surface area contributed by atoms with Gasteiger partial charge >= 0.3 is 0 Å². The molecule has 0 aliphatic carbocycles. The zero-order valence-electron chi connectivity index (χ0n) is 7.24. The summed E-state index contributed by atoms with van der Waals surface area (Å²) in [5, 5.41) is 3.22. The average molecular weight is 316 g/mol. The lowest BCUT2D eigenvalue weighted by Crippen LogP contribution is -2.33. The van der Waals surface area contributed by atoms with Gasteiger partial charge in [0, 0.05) is 16.9 Å². The van der Waals surface area contributed by atoms with E-state index in [2.05, 4.69) is 42.2 Å². The molecule has 2 rings (SSSR count). The Kier molecular flexibility index (Phi) is 2.74. The van der Waals surface area contributed by atoms with Crippen molar-refractivity contribution >= 4 is 31.9 Å². The topological polar surface area (TPSA) is 24.9 Å². The predicted molar refractivity (Wildman–Crippen MR) is 64.1 cm³/mol. The maximum absolute atomic E-state index is 4.29. The van der Waals surface area contributed by atoms with Crippen molar-refractivity contribution < 1.29 is 0 Å². The molecule has 2 heterocycles. The van der Waals surface area contributed by atoms with E-state index in [4.69, 9.17) is 0 Å². The third kappa shape index (κ3) is 1.91. The van der Waals surface area contributed by atoms with E-state index in [1.807, 2.05) is 36.6 Å². The standard InChI is InChI=1S/C10H8Br2N2/c11-8-4-5-10(12,14-7-8)9-3-1-2-6-13-9/h1-7,14H. The summed E-state index contributed by atoms with van der Waals surface area (Å²) in [4.78, 5) is 4.29. The van der Waals surface area contributed by atoms with E-state index in [9.17, 15) is 0 Å². The van der Waals surface area contributed by atoms with Crippen LogP contribution in [-0.4, -0.2) is 4.98 Å². The number of nitrogens with one attached hydrogen (secondary N) is 1. The lowest BCUT2D eigenvalue weighted by molar-refractivity contribution is 0.671. The van der Waals surface area contributed by atoms with E-state index >= 15 is 0 Å². The molecule has 0 bridgehead atoms. The Hall–Kier alpha value is -0.610. The number of dihydropyridines is 1. The van der Waals surface area contributed by atoms with Crippen LogP contribution >= 0.6 is 31.9 Å². The van der Waals surface area contributed by atoms with Crippen molar-refractivity contribution in [2.24, 2.45) is 0 Å². The molecule has 72 valence electrons. The molecule has 1 aliphatic rings. The van der Waals surface area contributed by atoms with Crippen LogP contribution in [0.1, 0.15) is 5.69 Å². The molecule has 1 aromatic rings. The van der Waals surface area contributed by atoms with Gasteiger partial charge in [0.15, 0.2) is 4.45 Å². The molecule has 0 radical (unpaired) electrons. The third-order valence-corrected chi connectivity index (χ3v) is 3.32. The van der Waals surface area contributed by atoms with Gasteiger partial charge in [0.05, 0.1) is 5.69 Å². The van der Waals surface area contributed by atoms with Crippen molar-refractivity contribution in [2.45, 2.75) is 4.45 Å². The lowest BCUT2D eigenvalue weighted by atomic mass is 10.1. The van der Waals surface area contributed by atoms with Crippen molar-refractivity contribution in [3.05, 3.63) is 52.9 Å². The summed E-state index contributed by atoms with van der Waals surface area (Å²) in [5.41, 5.74) is 0.938. The number of pyridine rings is 1. The van der Waals surface area contributed by atoms with Gasteiger partial charge in [0.25, 0.3) is 0 Å². The van der Waals surface area contributed by atoms with Crippen LogP contribution in [0.25, 0.3) is 0 Å². The first-order valence-corrected chi connectivity index (χ1v) is 5.72. The molecule has 1 atom stereocenters. The van der Waals surface area contributed by atoms with Gasteiger partial charge in [-0.15, -0.1) is 0 Å². The van der Waals surface area contributed by atoms with Crippen molar-refractivity contribution in [1.82, 2.24) is 10.3 Å². The van der Waals surface area contributed by atoms with Gasteiger partial charge in [0.1, 0.15) is 0 Å². The summed E-state index contributed by atoms with van der Waals surface area (Å²) >= 11 is 6.99. The zero-order valence-corrected chi connectivity index (χ0v) is 10.4. The van der Waals surface area contributed by atoms with Gasteiger partial charge in [-0.1, -0.05) is 6.07 Å². The number of halogens is 2. The van der Waals surface area contributed by atoms with Crippen LogP contribution in [-0.2, 0) is 4.45 Å². The molecule has 1 unspecified atom stereocenters. The first kappa shape index (κ1) is 9.93. The fourth-order valence-electron chi connectivity index (χ4n) is 1.20. The second kappa shape index (κ2) is 3.87. The Balaban J connectivity index is 2.32. The van der Waals surface area contributed by atoms with Gasteiger partial charge in [0.2, 0.25) is 0 Å². The highest BCUT2D eigenvalue weighted by atomic mass is 79.9. The van der Waals surface area contributed by atoms with Gasteiger partial charge in [-0.3, -0.25) is 4.98 Å². The van der Waals surface area contributed by atoms with Crippen LogP contribution in [0.4, 0.5) is 0 Å². The highest BCUT2D eigenvalue weighted by molar-refractivity contribution is 9.12. The fourth-order valence-corrected chi connectivity index (χ4v) is 1.93. The van der Waals surface area contributed by atoms with Gasteiger partial charge < -0.3 is 5.32 Å². The second-order valence-corrected chi connectivity index (χ2v) is 5.10. The molecular formula is C10H8Br2N2. The summed E-state index contributed by atoms with van der Waals surface area (Å²) in [6.07, 6.45) is 7.67. The monoisotopic (exact) mass is 314 g/mol.